The zero-order valence-corrected chi connectivity index (χ0v) is 11.7. The predicted molar refractivity (Wildman–Crippen MR) is 82.9 cm³/mol. The van der Waals surface area contributed by atoms with Gasteiger partial charge in [-0.3, -0.25) is 4.68 Å². The molecule has 0 amide bonds. The molecule has 3 rings (SSSR count). The number of nitrogens with one attached hydrogen (secondary N) is 1. The van der Waals surface area contributed by atoms with Crippen molar-refractivity contribution in [1.29, 1.82) is 0 Å². The average molecular weight is 265 g/mol. The van der Waals surface area contributed by atoms with Gasteiger partial charge < -0.3 is 5.32 Å². The topological polar surface area (TPSA) is 29.9 Å². The van der Waals surface area contributed by atoms with Gasteiger partial charge in [0, 0.05) is 11.9 Å². The third kappa shape index (κ3) is 2.45. The summed E-state index contributed by atoms with van der Waals surface area (Å²) in [5, 5.41) is 9.23. The van der Waals surface area contributed by atoms with E-state index in [1.807, 2.05) is 6.20 Å². The number of hydrogen-bond donors (Lipinski definition) is 1. The summed E-state index contributed by atoms with van der Waals surface area (Å²) in [7, 11) is 0. The van der Waals surface area contributed by atoms with Gasteiger partial charge in [-0.1, -0.05) is 55.5 Å². The first kappa shape index (κ1) is 12.9. The standard InChI is InChI=1S/C17H19N3/c1-2-18-13-17(14-8-4-3-5-9-14)20-16-11-7-6-10-15(16)12-19-20/h3-12,17-18H,2,13H2,1H3. The lowest BCUT2D eigenvalue weighted by atomic mass is 10.1. The highest BCUT2D eigenvalue weighted by Crippen LogP contribution is 2.22. The third-order valence-electron chi connectivity index (χ3n) is 3.57. The largest absolute Gasteiger partial charge is 0.315 e. The first-order chi connectivity index (χ1) is 9.90. The van der Waals surface area contributed by atoms with Crippen LogP contribution in [0.25, 0.3) is 10.9 Å². The fraction of sp³-hybridized carbons (Fsp3) is 0.235. The zero-order valence-electron chi connectivity index (χ0n) is 11.7. The Morgan fingerprint density at radius 2 is 1.80 bits per heavy atom. The summed E-state index contributed by atoms with van der Waals surface area (Å²) in [4.78, 5) is 0. The van der Waals surface area contributed by atoms with Crippen molar-refractivity contribution < 1.29 is 0 Å². The minimum atomic E-state index is 0.219. The molecule has 0 radical (unpaired) electrons. The van der Waals surface area contributed by atoms with Crippen molar-refractivity contribution in [3.05, 3.63) is 66.4 Å². The van der Waals surface area contributed by atoms with Crippen LogP contribution in [0.4, 0.5) is 0 Å². The lowest BCUT2D eigenvalue weighted by Crippen LogP contribution is -2.26. The van der Waals surface area contributed by atoms with Gasteiger partial charge in [0.05, 0.1) is 17.8 Å². The highest BCUT2D eigenvalue weighted by Gasteiger charge is 2.15. The van der Waals surface area contributed by atoms with Crippen LogP contribution in [0.5, 0.6) is 0 Å². The number of hydrogen-bond acceptors (Lipinski definition) is 2. The van der Waals surface area contributed by atoms with Crippen molar-refractivity contribution in [3.63, 3.8) is 0 Å². The van der Waals surface area contributed by atoms with E-state index in [4.69, 9.17) is 0 Å². The molecule has 0 spiro atoms. The molecule has 3 nitrogen and oxygen atoms in total. The molecule has 1 N–H and O–H groups in total. The Morgan fingerprint density at radius 1 is 1.05 bits per heavy atom. The summed E-state index contributed by atoms with van der Waals surface area (Å²) in [6.45, 7) is 3.97. The van der Waals surface area contributed by atoms with E-state index < -0.39 is 0 Å². The van der Waals surface area contributed by atoms with Crippen LogP contribution in [0.15, 0.2) is 60.8 Å². The molecule has 3 aromatic rings. The number of fused-ring (bicyclic) bond motifs is 1. The van der Waals surface area contributed by atoms with E-state index in [-0.39, 0.29) is 6.04 Å². The quantitative estimate of drug-likeness (QED) is 0.767. The zero-order chi connectivity index (χ0) is 13.8. The van der Waals surface area contributed by atoms with Crippen LogP contribution >= 0.6 is 0 Å². The molecule has 1 heterocycles. The van der Waals surface area contributed by atoms with E-state index >= 15 is 0 Å². The highest BCUT2D eigenvalue weighted by molar-refractivity contribution is 5.78. The fourth-order valence-corrected chi connectivity index (χ4v) is 2.54. The third-order valence-corrected chi connectivity index (χ3v) is 3.57. The second-order valence-corrected chi connectivity index (χ2v) is 4.88. The Kier molecular flexibility index (Phi) is 3.79. The summed E-state index contributed by atoms with van der Waals surface area (Å²) in [6, 6.07) is 19.1. The molecule has 1 unspecified atom stereocenters. The van der Waals surface area contributed by atoms with Crippen molar-refractivity contribution in [2.45, 2.75) is 13.0 Å². The molecular weight excluding hydrogens is 246 g/mol. The van der Waals surface area contributed by atoms with E-state index in [9.17, 15) is 0 Å². The average Bonchev–Trinajstić information content (AvgIpc) is 2.93. The number of likely N-dealkylation sites (N-methyl/N-ethyl adjacent to an activating group) is 1. The summed E-state index contributed by atoms with van der Waals surface area (Å²) in [5.74, 6) is 0. The molecule has 0 fully saturated rings. The first-order valence-corrected chi connectivity index (χ1v) is 7.08. The maximum atomic E-state index is 4.60. The number of aromatic nitrogens is 2. The minimum absolute atomic E-state index is 0.219. The van der Waals surface area contributed by atoms with Crippen molar-refractivity contribution in [1.82, 2.24) is 15.1 Å². The Balaban J connectivity index is 2.05. The van der Waals surface area contributed by atoms with E-state index in [2.05, 4.69) is 76.6 Å². The predicted octanol–water partition coefficient (Wildman–Crippen LogP) is 3.24. The van der Waals surface area contributed by atoms with Crippen LogP contribution in [0.3, 0.4) is 0 Å². The van der Waals surface area contributed by atoms with E-state index in [0.29, 0.717) is 0 Å². The SMILES string of the molecule is CCNCC(c1ccccc1)n1ncc2ccccc21. The van der Waals surface area contributed by atoms with Gasteiger partial charge in [-0.05, 0) is 18.2 Å². The second kappa shape index (κ2) is 5.88. The molecule has 2 aromatic carbocycles. The summed E-state index contributed by atoms with van der Waals surface area (Å²) in [5.41, 5.74) is 2.46. The number of benzene rings is 2. The first-order valence-electron chi connectivity index (χ1n) is 7.08. The van der Waals surface area contributed by atoms with E-state index in [1.54, 1.807) is 0 Å². The van der Waals surface area contributed by atoms with Crippen molar-refractivity contribution in [2.75, 3.05) is 13.1 Å². The van der Waals surface area contributed by atoms with Crippen LogP contribution in [0, 0.1) is 0 Å². The summed E-state index contributed by atoms with van der Waals surface area (Å²) >= 11 is 0. The van der Waals surface area contributed by atoms with E-state index in [1.165, 1.54) is 16.5 Å². The minimum Gasteiger partial charge on any atom is -0.315 e. The molecule has 3 heteroatoms. The molecule has 0 aliphatic carbocycles. The molecule has 102 valence electrons. The summed E-state index contributed by atoms with van der Waals surface area (Å²) < 4.78 is 2.12. The molecule has 20 heavy (non-hydrogen) atoms. The van der Waals surface area contributed by atoms with Crippen LogP contribution in [0.1, 0.15) is 18.5 Å². The maximum absolute atomic E-state index is 4.60. The lowest BCUT2D eigenvalue weighted by Gasteiger charge is -2.19. The van der Waals surface area contributed by atoms with Gasteiger partial charge in [-0.2, -0.15) is 5.10 Å². The molecule has 0 saturated carbocycles. The number of para-hydroxylation sites is 1. The Hall–Kier alpha value is -2.13. The van der Waals surface area contributed by atoms with Crippen LogP contribution in [-0.4, -0.2) is 22.9 Å². The summed E-state index contributed by atoms with van der Waals surface area (Å²) in [6.07, 6.45) is 1.94. The fourth-order valence-electron chi connectivity index (χ4n) is 2.54. The second-order valence-electron chi connectivity index (χ2n) is 4.88. The van der Waals surface area contributed by atoms with Gasteiger partial charge in [-0.25, -0.2) is 0 Å². The number of rotatable bonds is 5. The molecule has 1 aromatic heterocycles. The van der Waals surface area contributed by atoms with Gasteiger partial charge in [0.15, 0.2) is 0 Å². The monoisotopic (exact) mass is 265 g/mol. The van der Waals surface area contributed by atoms with E-state index in [0.717, 1.165) is 13.1 Å². The molecule has 0 bridgehead atoms. The van der Waals surface area contributed by atoms with Crippen LogP contribution < -0.4 is 5.32 Å². The van der Waals surface area contributed by atoms with Gasteiger partial charge in [0.2, 0.25) is 0 Å². The van der Waals surface area contributed by atoms with Gasteiger partial charge in [-0.15, -0.1) is 0 Å². The van der Waals surface area contributed by atoms with Gasteiger partial charge in [0.1, 0.15) is 0 Å². The van der Waals surface area contributed by atoms with Gasteiger partial charge in [0.25, 0.3) is 0 Å². The molecule has 0 aliphatic heterocycles. The molecular formula is C17H19N3. The van der Waals surface area contributed by atoms with Crippen molar-refractivity contribution in [3.8, 4) is 0 Å². The maximum Gasteiger partial charge on any atom is 0.0900 e. The van der Waals surface area contributed by atoms with Crippen molar-refractivity contribution in [2.24, 2.45) is 0 Å². The normalized spacial score (nSPS) is 12.7. The highest BCUT2D eigenvalue weighted by atomic mass is 15.3. The molecule has 1 atom stereocenters. The Bertz CT molecular complexity index is 673. The Labute approximate surface area is 119 Å². The molecule has 0 aliphatic rings. The van der Waals surface area contributed by atoms with Crippen LogP contribution in [-0.2, 0) is 0 Å². The lowest BCUT2D eigenvalue weighted by molar-refractivity contribution is 0.500. The molecule has 0 saturated heterocycles. The Morgan fingerprint density at radius 3 is 2.60 bits per heavy atom. The van der Waals surface area contributed by atoms with Crippen molar-refractivity contribution >= 4 is 10.9 Å². The number of nitrogens with zero attached hydrogens (tertiary/aromatic N) is 2. The smallest absolute Gasteiger partial charge is 0.0900 e. The van der Waals surface area contributed by atoms with Gasteiger partial charge >= 0.3 is 0 Å². The van der Waals surface area contributed by atoms with Crippen LogP contribution in [0.2, 0.25) is 0 Å².